The maximum absolute atomic E-state index is 11.2. The Hall–Kier alpha value is -0.410. The molecule has 0 heterocycles. The molecular formula is C17H31NO2. The molecule has 1 unspecified atom stereocenters. The zero-order chi connectivity index (χ0) is 14.6. The minimum atomic E-state index is -0.457. The molecule has 2 saturated carbocycles. The third-order valence-electron chi connectivity index (χ3n) is 5.55. The topological polar surface area (TPSA) is 40.5 Å². The monoisotopic (exact) mass is 281 g/mol. The van der Waals surface area contributed by atoms with Crippen LogP contribution in [-0.4, -0.2) is 42.5 Å². The second-order valence-electron chi connectivity index (χ2n) is 7.34. The zero-order valence-corrected chi connectivity index (χ0v) is 13.2. The summed E-state index contributed by atoms with van der Waals surface area (Å²) < 4.78 is 0. The fourth-order valence-electron chi connectivity index (χ4n) is 4.37. The van der Waals surface area contributed by atoms with Crippen molar-refractivity contribution < 1.29 is 9.90 Å². The summed E-state index contributed by atoms with van der Waals surface area (Å²) in [6.45, 7) is 0.979. The van der Waals surface area contributed by atoms with Gasteiger partial charge in [0.2, 0.25) is 0 Å². The predicted octanol–water partition coefficient (Wildman–Crippen LogP) is 2.86. The van der Waals surface area contributed by atoms with Crippen LogP contribution in [0.3, 0.4) is 0 Å². The molecule has 0 saturated heterocycles. The number of carbonyl (C=O) groups excluding carboxylic acids is 1. The second-order valence-corrected chi connectivity index (χ2v) is 7.34. The summed E-state index contributed by atoms with van der Waals surface area (Å²) in [5.74, 6) is 1.24. The Kier molecular flexibility index (Phi) is 5.62. The average molecular weight is 281 g/mol. The summed E-state index contributed by atoms with van der Waals surface area (Å²) >= 11 is 0. The van der Waals surface area contributed by atoms with Gasteiger partial charge >= 0.3 is 0 Å². The summed E-state index contributed by atoms with van der Waals surface area (Å²) in [6, 6.07) is 0. The van der Waals surface area contributed by atoms with Gasteiger partial charge in [0.05, 0.1) is 5.60 Å². The van der Waals surface area contributed by atoms with E-state index < -0.39 is 5.60 Å². The van der Waals surface area contributed by atoms with Crippen molar-refractivity contribution >= 4 is 6.29 Å². The highest BCUT2D eigenvalue weighted by Crippen LogP contribution is 2.43. The summed E-state index contributed by atoms with van der Waals surface area (Å²) in [4.78, 5) is 13.1. The van der Waals surface area contributed by atoms with Crippen molar-refractivity contribution in [1.29, 1.82) is 0 Å². The molecule has 2 fully saturated rings. The number of hydrogen-bond acceptors (Lipinski definition) is 3. The predicted molar refractivity (Wildman–Crippen MR) is 81.6 cm³/mol. The Morgan fingerprint density at radius 2 is 1.75 bits per heavy atom. The molecule has 2 rings (SSSR count). The molecule has 0 aromatic carbocycles. The van der Waals surface area contributed by atoms with Crippen molar-refractivity contribution in [2.75, 3.05) is 20.6 Å². The highest BCUT2D eigenvalue weighted by atomic mass is 16.3. The van der Waals surface area contributed by atoms with Crippen molar-refractivity contribution in [3.8, 4) is 0 Å². The fraction of sp³-hybridized carbons (Fsp3) is 0.941. The normalized spacial score (nSPS) is 32.0. The van der Waals surface area contributed by atoms with Crippen molar-refractivity contribution in [1.82, 2.24) is 4.90 Å². The minimum Gasteiger partial charge on any atom is -0.390 e. The molecule has 0 spiro atoms. The SMILES string of the molecule is CN(C)CC(C1CCC(C=O)CC1)C1(O)CCCCC1. The van der Waals surface area contributed by atoms with E-state index in [-0.39, 0.29) is 5.92 Å². The average Bonchev–Trinajstić information content (AvgIpc) is 2.45. The molecule has 0 amide bonds. The number of nitrogens with zero attached hydrogens (tertiary/aromatic N) is 1. The Morgan fingerprint density at radius 3 is 2.25 bits per heavy atom. The van der Waals surface area contributed by atoms with Gasteiger partial charge in [-0.15, -0.1) is 0 Å². The molecular weight excluding hydrogens is 250 g/mol. The van der Waals surface area contributed by atoms with E-state index in [1.807, 2.05) is 0 Å². The van der Waals surface area contributed by atoms with Gasteiger partial charge in [-0.1, -0.05) is 19.3 Å². The lowest BCUT2D eigenvalue weighted by Gasteiger charge is -2.46. The van der Waals surface area contributed by atoms with Crippen LogP contribution in [0.25, 0.3) is 0 Å². The van der Waals surface area contributed by atoms with Crippen LogP contribution in [0.1, 0.15) is 57.8 Å². The first-order valence-electron chi connectivity index (χ1n) is 8.37. The molecule has 116 valence electrons. The van der Waals surface area contributed by atoms with Crippen LogP contribution in [0.4, 0.5) is 0 Å². The Balaban J connectivity index is 2.05. The molecule has 3 heteroatoms. The Labute approximate surface area is 123 Å². The zero-order valence-electron chi connectivity index (χ0n) is 13.2. The molecule has 2 aliphatic rings. The number of aliphatic hydroxyl groups is 1. The first-order chi connectivity index (χ1) is 9.55. The molecule has 0 aromatic heterocycles. The standard InChI is InChI=1S/C17H31NO2/c1-18(2)12-16(17(20)10-4-3-5-11-17)15-8-6-14(13-19)7-9-15/h13-16,20H,3-12H2,1-2H3. The lowest BCUT2D eigenvalue weighted by atomic mass is 9.65. The molecule has 0 radical (unpaired) electrons. The molecule has 0 aliphatic heterocycles. The van der Waals surface area contributed by atoms with Gasteiger partial charge in [-0.3, -0.25) is 0 Å². The van der Waals surface area contributed by atoms with Gasteiger partial charge in [-0.25, -0.2) is 0 Å². The Morgan fingerprint density at radius 1 is 1.15 bits per heavy atom. The van der Waals surface area contributed by atoms with Crippen LogP contribution < -0.4 is 0 Å². The number of hydrogen-bond donors (Lipinski definition) is 1. The Bertz CT molecular complexity index is 302. The molecule has 2 aliphatic carbocycles. The van der Waals surface area contributed by atoms with Gasteiger partial charge in [0.1, 0.15) is 6.29 Å². The lowest BCUT2D eigenvalue weighted by Crippen LogP contribution is -2.48. The van der Waals surface area contributed by atoms with E-state index >= 15 is 0 Å². The fourth-order valence-corrected chi connectivity index (χ4v) is 4.37. The van der Waals surface area contributed by atoms with E-state index in [2.05, 4.69) is 19.0 Å². The van der Waals surface area contributed by atoms with Gasteiger partial charge in [-0.05, 0) is 58.5 Å². The van der Waals surface area contributed by atoms with Gasteiger partial charge in [0.25, 0.3) is 0 Å². The maximum Gasteiger partial charge on any atom is 0.123 e. The van der Waals surface area contributed by atoms with Crippen molar-refractivity contribution in [2.24, 2.45) is 17.8 Å². The second kappa shape index (κ2) is 7.04. The van der Waals surface area contributed by atoms with Gasteiger partial charge in [0.15, 0.2) is 0 Å². The molecule has 3 nitrogen and oxygen atoms in total. The van der Waals surface area contributed by atoms with E-state index in [4.69, 9.17) is 0 Å². The number of carbonyl (C=O) groups is 1. The first kappa shape index (κ1) is 16.0. The van der Waals surface area contributed by atoms with E-state index in [9.17, 15) is 9.90 Å². The summed E-state index contributed by atoms with van der Waals surface area (Å²) in [5, 5.41) is 11.2. The molecule has 0 bridgehead atoms. The van der Waals surface area contributed by atoms with Crippen LogP contribution in [0.2, 0.25) is 0 Å². The highest BCUT2D eigenvalue weighted by Gasteiger charge is 2.42. The molecule has 1 N–H and O–H groups in total. The van der Waals surface area contributed by atoms with Gasteiger partial charge in [0, 0.05) is 18.4 Å². The van der Waals surface area contributed by atoms with Crippen LogP contribution >= 0.6 is 0 Å². The molecule has 1 atom stereocenters. The summed E-state index contributed by atoms with van der Waals surface area (Å²) in [5.41, 5.74) is -0.457. The number of aldehydes is 1. The van der Waals surface area contributed by atoms with Crippen molar-refractivity contribution in [2.45, 2.75) is 63.4 Å². The van der Waals surface area contributed by atoms with Crippen molar-refractivity contribution in [3.63, 3.8) is 0 Å². The van der Waals surface area contributed by atoms with Crippen LogP contribution in [0, 0.1) is 17.8 Å². The van der Waals surface area contributed by atoms with Crippen molar-refractivity contribution in [3.05, 3.63) is 0 Å². The summed E-state index contributed by atoms with van der Waals surface area (Å²) in [6.07, 6.45) is 11.0. The first-order valence-corrected chi connectivity index (χ1v) is 8.37. The lowest BCUT2D eigenvalue weighted by molar-refractivity contribution is -0.113. The molecule has 20 heavy (non-hydrogen) atoms. The van der Waals surface area contributed by atoms with E-state index in [1.165, 1.54) is 19.3 Å². The maximum atomic E-state index is 11.2. The largest absolute Gasteiger partial charge is 0.390 e. The van der Waals surface area contributed by atoms with Gasteiger partial charge < -0.3 is 14.8 Å². The summed E-state index contributed by atoms with van der Waals surface area (Å²) in [7, 11) is 4.21. The minimum absolute atomic E-state index is 0.271. The van der Waals surface area contributed by atoms with E-state index in [0.717, 1.165) is 51.4 Å². The van der Waals surface area contributed by atoms with Gasteiger partial charge in [-0.2, -0.15) is 0 Å². The van der Waals surface area contributed by atoms with Crippen LogP contribution in [0.15, 0.2) is 0 Å². The third-order valence-corrected chi connectivity index (χ3v) is 5.55. The van der Waals surface area contributed by atoms with E-state index in [1.54, 1.807) is 0 Å². The van der Waals surface area contributed by atoms with E-state index in [0.29, 0.717) is 11.8 Å². The van der Waals surface area contributed by atoms with Crippen LogP contribution in [-0.2, 0) is 4.79 Å². The number of rotatable bonds is 5. The smallest absolute Gasteiger partial charge is 0.123 e. The highest BCUT2D eigenvalue weighted by molar-refractivity contribution is 5.53. The third kappa shape index (κ3) is 3.82. The molecule has 0 aromatic rings. The van der Waals surface area contributed by atoms with Crippen LogP contribution in [0.5, 0.6) is 0 Å². The quantitative estimate of drug-likeness (QED) is 0.788.